The molecule has 2 nitrogen and oxygen atoms in total. The molecule has 1 aliphatic heterocycles. The predicted octanol–water partition coefficient (Wildman–Crippen LogP) is 3.01. The molecular formula is C15H21IN2. The SMILES string of the molecule is Ic1ccc(CN2CCNCC23CCCC3)cc1. The van der Waals surface area contributed by atoms with Crippen LogP contribution in [0.15, 0.2) is 24.3 Å². The fraction of sp³-hybridized carbons (Fsp3) is 0.600. The molecule has 18 heavy (non-hydrogen) atoms. The van der Waals surface area contributed by atoms with Crippen molar-refractivity contribution in [2.24, 2.45) is 0 Å². The number of hydrogen-bond donors (Lipinski definition) is 1. The standard InChI is InChI=1S/C15H21IN2/c16-14-5-3-13(4-6-14)11-18-10-9-17-12-15(18)7-1-2-8-15/h3-6,17H,1-2,7-12H2. The predicted molar refractivity (Wildman–Crippen MR) is 83.6 cm³/mol. The van der Waals surface area contributed by atoms with Crippen molar-refractivity contribution >= 4 is 22.6 Å². The Morgan fingerprint density at radius 3 is 2.61 bits per heavy atom. The number of benzene rings is 1. The highest BCUT2D eigenvalue weighted by Crippen LogP contribution is 2.36. The van der Waals surface area contributed by atoms with Crippen LogP contribution in [0.2, 0.25) is 0 Å². The van der Waals surface area contributed by atoms with E-state index in [1.54, 1.807) is 0 Å². The minimum absolute atomic E-state index is 0.460. The molecule has 3 heteroatoms. The Morgan fingerprint density at radius 2 is 1.89 bits per heavy atom. The molecule has 2 aliphatic rings. The van der Waals surface area contributed by atoms with Crippen LogP contribution in [0.5, 0.6) is 0 Å². The fourth-order valence-corrected chi connectivity index (χ4v) is 3.83. The van der Waals surface area contributed by atoms with Crippen LogP contribution in [0.1, 0.15) is 31.2 Å². The second kappa shape index (κ2) is 5.47. The Morgan fingerprint density at radius 1 is 1.17 bits per heavy atom. The van der Waals surface area contributed by atoms with E-state index in [9.17, 15) is 0 Å². The Hall–Kier alpha value is -0.130. The van der Waals surface area contributed by atoms with Crippen molar-refractivity contribution in [2.45, 2.75) is 37.8 Å². The van der Waals surface area contributed by atoms with E-state index in [4.69, 9.17) is 0 Å². The van der Waals surface area contributed by atoms with Gasteiger partial charge in [0, 0.05) is 35.3 Å². The molecule has 0 radical (unpaired) electrons. The average Bonchev–Trinajstić information content (AvgIpc) is 2.84. The van der Waals surface area contributed by atoms with E-state index in [0.29, 0.717) is 5.54 Å². The van der Waals surface area contributed by atoms with Gasteiger partial charge in [0.15, 0.2) is 0 Å². The van der Waals surface area contributed by atoms with Gasteiger partial charge in [-0.1, -0.05) is 25.0 Å². The summed E-state index contributed by atoms with van der Waals surface area (Å²) < 4.78 is 1.33. The Balaban J connectivity index is 1.75. The minimum atomic E-state index is 0.460. The molecule has 0 aromatic heterocycles. The van der Waals surface area contributed by atoms with Gasteiger partial charge < -0.3 is 5.32 Å². The van der Waals surface area contributed by atoms with Gasteiger partial charge in [0.1, 0.15) is 0 Å². The lowest BCUT2D eigenvalue weighted by Crippen LogP contribution is -2.59. The molecule has 1 N–H and O–H groups in total. The van der Waals surface area contributed by atoms with E-state index in [1.807, 2.05) is 0 Å². The molecule has 1 heterocycles. The lowest BCUT2D eigenvalue weighted by atomic mass is 9.92. The second-order valence-corrected chi connectivity index (χ2v) is 6.90. The van der Waals surface area contributed by atoms with Crippen LogP contribution in [-0.4, -0.2) is 30.1 Å². The zero-order valence-corrected chi connectivity index (χ0v) is 12.9. The van der Waals surface area contributed by atoms with E-state index >= 15 is 0 Å². The summed E-state index contributed by atoms with van der Waals surface area (Å²) in [6.07, 6.45) is 5.57. The molecular weight excluding hydrogens is 335 g/mol. The molecule has 0 bridgehead atoms. The number of nitrogens with one attached hydrogen (secondary N) is 1. The topological polar surface area (TPSA) is 15.3 Å². The summed E-state index contributed by atoms with van der Waals surface area (Å²) >= 11 is 2.38. The van der Waals surface area contributed by atoms with Crippen molar-refractivity contribution in [1.29, 1.82) is 0 Å². The maximum absolute atomic E-state index is 3.60. The van der Waals surface area contributed by atoms with Gasteiger partial charge >= 0.3 is 0 Å². The Bertz CT molecular complexity index is 395. The highest BCUT2D eigenvalue weighted by atomic mass is 127. The van der Waals surface area contributed by atoms with Gasteiger partial charge in [-0.05, 0) is 53.1 Å². The van der Waals surface area contributed by atoms with Gasteiger partial charge in [-0.15, -0.1) is 0 Å². The van der Waals surface area contributed by atoms with Crippen LogP contribution in [0.4, 0.5) is 0 Å². The van der Waals surface area contributed by atoms with Crippen molar-refractivity contribution < 1.29 is 0 Å². The molecule has 0 unspecified atom stereocenters. The molecule has 0 amide bonds. The van der Waals surface area contributed by atoms with Crippen molar-refractivity contribution in [3.63, 3.8) is 0 Å². The lowest BCUT2D eigenvalue weighted by Gasteiger charge is -2.45. The summed E-state index contributed by atoms with van der Waals surface area (Å²) in [7, 11) is 0. The normalized spacial score (nSPS) is 23.6. The third-order valence-electron chi connectivity index (χ3n) is 4.50. The summed E-state index contributed by atoms with van der Waals surface area (Å²) in [5.41, 5.74) is 1.92. The van der Waals surface area contributed by atoms with Crippen LogP contribution in [0.25, 0.3) is 0 Å². The van der Waals surface area contributed by atoms with Crippen LogP contribution < -0.4 is 5.32 Å². The van der Waals surface area contributed by atoms with E-state index in [0.717, 1.165) is 13.1 Å². The molecule has 1 aromatic rings. The van der Waals surface area contributed by atoms with E-state index in [-0.39, 0.29) is 0 Å². The molecule has 1 spiro atoms. The third-order valence-corrected chi connectivity index (χ3v) is 5.22. The summed E-state index contributed by atoms with van der Waals surface area (Å²) in [5.74, 6) is 0. The maximum Gasteiger partial charge on any atom is 0.0338 e. The fourth-order valence-electron chi connectivity index (χ4n) is 3.47. The molecule has 2 fully saturated rings. The largest absolute Gasteiger partial charge is 0.314 e. The molecule has 0 atom stereocenters. The summed E-state index contributed by atoms with van der Waals surface area (Å²) in [4.78, 5) is 2.73. The van der Waals surface area contributed by atoms with Gasteiger partial charge in [0.2, 0.25) is 0 Å². The first-order valence-corrected chi connectivity index (χ1v) is 8.07. The first kappa shape index (κ1) is 12.9. The minimum Gasteiger partial charge on any atom is -0.314 e. The molecule has 1 aliphatic carbocycles. The monoisotopic (exact) mass is 356 g/mol. The Labute approximate surface area is 123 Å². The molecule has 3 rings (SSSR count). The third kappa shape index (κ3) is 2.58. The first-order valence-electron chi connectivity index (χ1n) is 6.99. The van der Waals surface area contributed by atoms with E-state index in [1.165, 1.54) is 47.9 Å². The van der Waals surface area contributed by atoms with Crippen LogP contribution in [-0.2, 0) is 6.54 Å². The van der Waals surface area contributed by atoms with Crippen molar-refractivity contribution in [2.75, 3.05) is 19.6 Å². The summed E-state index contributed by atoms with van der Waals surface area (Å²) in [5, 5.41) is 3.60. The van der Waals surface area contributed by atoms with Crippen LogP contribution in [0.3, 0.4) is 0 Å². The molecule has 98 valence electrons. The summed E-state index contributed by atoms with van der Waals surface area (Å²) in [6, 6.07) is 9.01. The number of nitrogens with zero attached hydrogens (tertiary/aromatic N) is 1. The lowest BCUT2D eigenvalue weighted by molar-refractivity contribution is 0.0573. The molecule has 1 aromatic carbocycles. The second-order valence-electron chi connectivity index (χ2n) is 5.66. The van der Waals surface area contributed by atoms with Gasteiger partial charge in [0.05, 0.1) is 0 Å². The van der Waals surface area contributed by atoms with Gasteiger partial charge in [-0.25, -0.2) is 0 Å². The van der Waals surface area contributed by atoms with E-state index in [2.05, 4.69) is 57.1 Å². The van der Waals surface area contributed by atoms with Crippen molar-refractivity contribution in [1.82, 2.24) is 10.2 Å². The van der Waals surface area contributed by atoms with Gasteiger partial charge in [0.25, 0.3) is 0 Å². The summed E-state index contributed by atoms with van der Waals surface area (Å²) in [6.45, 7) is 4.66. The van der Waals surface area contributed by atoms with Crippen molar-refractivity contribution in [3.05, 3.63) is 33.4 Å². The van der Waals surface area contributed by atoms with Crippen LogP contribution >= 0.6 is 22.6 Å². The zero-order chi connectivity index (χ0) is 12.4. The smallest absolute Gasteiger partial charge is 0.0338 e. The molecule has 1 saturated heterocycles. The average molecular weight is 356 g/mol. The number of halogens is 1. The first-order chi connectivity index (χ1) is 8.78. The number of hydrogen-bond acceptors (Lipinski definition) is 2. The quantitative estimate of drug-likeness (QED) is 0.820. The van der Waals surface area contributed by atoms with Gasteiger partial charge in [-0.3, -0.25) is 4.90 Å². The van der Waals surface area contributed by atoms with Crippen molar-refractivity contribution in [3.8, 4) is 0 Å². The van der Waals surface area contributed by atoms with Gasteiger partial charge in [-0.2, -0.15) is 0 Å². The number of rotatable bonds is 2. The van der Waals surface area contributed by atoms with E-state index < -0.39 is 0 Å². The molecule has 1 saturated carbocycles. The van der Waals surface area contributed by atoms with Crippen LogP contribution in [0, 0.1) is 3.57 Å². The highest BCUT2D eigenvalue weighted by Gasteiger charge is 2.40. The number of piperazine rings is 1. The Kier molecular flexibility index (Phi) is 3.91. The maximum atomic E-state index is 3.60. The highest BCUT2D eigenvalue weighted by molar-refractivity contribution is 14.1. The zero-order valence-electron chi connectivity index (χ0n) is 10.8.